The number of hydrogen-bond donors (Lipinski definition) is 1. The summed E-state index contributed by atoms with van der Waals surface area (Å²) < 4.78 is 7.50. The Morgan fingerprint density at radius 3 is 2.56 bits per heavy atom. The van der Waals surface area contributed by atoms with Gasteiger partial charge in [-0.1, -0.05) is 18.0 Å². The molecule has 1 saturated carbocycles. The highest BCUT2D eigenvalue weighted by molar-refractivity contribution is 6.30. The SMILES string of the molecule is O=C(NC[C@]12CCC[C@H]1CN(C(=O)c1ccc(Oc3ccc(Cl)cn3)cc1)C2)c1ccc(-n2cccn2)cc1. The van der Waals surface area contributed by atoms with Gasteiger partial charge in [0.2, 0.25) is 5.88 Å². The molecule has 198 valence electrons. The van der Waals surface area contributed by atoms with E-state index in [0.29, 0.717) is 53.3 Å². The molecule has 0 spiro atoms. The molecule has 2 fully saturated rings. The van der Waals surface area contributed by atoms with E-state index < -0.39 is 0 Å². The second kappa shape index (κ2) is 10.5. The van der Waals surface area contributed by atoms with E-state index in [4.69, 9.17) is 16.3 Å². The van der Waals surface area contributed by atoms with Crippen molar-refractivity contribution in [3.8, 4) is 17.3 Å². The van der Waals surface area contributed by atoms with Gasteiger partial charge in [-0.05, 0) is 79.4 Å². The molecule has 1 aliphatic carbocycles. The van der Waals surface area contributed by atoms with Crippen LogP contribution in [0.4, 0.5) is 0 Å². The molecule has 0 unspecified atom stereocenters. The topological polar surface area (TPSA) is 89.4 Å². The lowest BCUT2D eigenvalue weighted by Crippen LogP contribution is -2.41. The Labute approximate surface area is 231 Å². The summed E-state index contributed by atoms with van der Waals surface area (Å²) in [6.45, 7) is 1.91. The smallest absolute Gasteiger partial charge is 0.253 e. The minimum absolute atomic E-state index is 0.000444. The van der Waals surface area contributed by atoms with Crippen LogP contribution in [0.2, 0.25) is 5.02 Å². The number of fused-ring (bicyclic) bond motifs is 1. The van der Waals surface area contributed by atoms with Crippen molar-refractivity contribution in [1.29, 1.82) is 0 Å². The molecule has 9 heteroatoms. The molecule has 0 radical (unpaired) electrons. The summed E-state index contributed by atoms with van der Waals surface area (Å²) in [4.78, 5) is 32.4. The predicted molar refractivity (Wildman–Crippen MR) is 147 cm³/mol. The maximum Gasteiger partial charge on any atom is 0.253 e. The molecular weight excluding hydrogens is 514 g/mol. The third kappa shape index (κ3) is 5.25. The largest absolute Gasteiger partial charge is 0.439 e. The van der Waals surface area contributed by atoms with Gasteiger partial charge in [-0.15, -0.1) is 0 Å². The van der Waals surface area contributed by atoms with Gasteiger partial charge >= 0.3 is 0 Å². The van der Waals surface area contributed by atoms with Gasteiger partial charge in [0.1, 0.15) is 5.75 Å². The number of nitrogens with zero attached hydrogens (tertiary/aromatic N) is 4. The molecule has 1 saturated heterocycles. The number of carbonyl (C=O) groups is 2. The quantitative estimate of drug-likeness (QED) is 0.339. The van der Waals surface area contributed by atoms with Crippen molar-refractivity contribution in [3.63, 3.8) is 0 Å². The fourth-order valence-corrected chi connectivity index (χ4v) is 5.91. The van der Waals surface area contributed by atoms with Crippen LogP contribution in [0.5, 0.6) is 11.6 Å². The van der Waals surface area contributed by atoms with Gasteiger partial charge in [-0.25, -0.2) is 9.67 Å². The van der Waals surface area contributed by atoms with Crippen LogP contribution in [0.1, 0.15) is 40.0 Å². The Balaban J connectivity index is 1.08. The molecular formula is C30H28ClN5O3. The number of carbonyl (C=O) groups excluding carboxylic acids is 2. The highest BCUT2D eigenvalue weighted by Crippen LogP contribution is 2.48. The lowest BCUT2D eigenvalue weighted by molar-refractivity contribution is 0.0767. The van der Waals surface area contributed by atoms with Crippen molar-refractivity contribution in [2.45, 2.75) is 19.3 Å². The number of halogens is 1. The maximum absolute atomic E-state index is 13.4. The first kappa shape index (κ1) is 25.1. The number of likely N-dealkylation sites (tertiary alicyclic amines) is 1. The Morgan fingerprint density at radius 1 is 1.05 bits per heavy atom. The van der Waals surface area contributed by atoms with Crippen LogP contribution in [0.25, 0.3) is 5.69 Å². The van der Waals surface area contributed by atoms with Gasteiger partial charge in [0.05, 0.1) is 10.7 Å². The summed E-state index contributed by atoms with van der Waals surface area (Å²) in [5.41, 5.74) is 2.03. The molecule has 2 aromatic heterocycles. The lowest BCUT2D eigenvalue weighted by Gasteiger charge is -2.29. The fourth-order valence-electron chi connectivity index (χ4n) is 5.79. The van der Waals surface area contributed by atoms with E-state index in [9.17, 15) is 9.59 Å². The van der Waals surface area contributed by atoms with E-state index in [2.05, 4.69) is 15.4 Å². The molecule has 2 aromatic carbocycles. The van der Waals surface area contributed by atoms with Crippen molar-refractivity contribution in [3.05, 3.63) is 101 Å². The minimum atomic E-state index is -0.0995. The van der Waals surface area contributed by atoms with Crippen LogP contribution in [0.15, 0.2) is 85.3 Å². The van der Waals surface area contributed by atoms with Crippen molar-refractivity contribution in [1.82, 2.24) is 25.0 Å². The summed E-state index contributed by atoms with van der Waals surface area (Å²) in [6, 6.07) is 19.8. The number of rotatable bonds is 7. The first-order valence-corrected chi connectivity index (χ1v) is 13.4. The number of hydrogen-bond acceptors (Lipinski definition) is 5. The Hall–Kier alpha value is -4.17. The normalized spacial score (nSPS) is 20.0. The highest BCUT2D eigenvalue weighted by Gasteiger charge is 2.50. The number of aromatic nitrogens is 3. The zero-order valence-corrected chi connectivity index (χ0v) is 22.1. The standard InChI is InChI=1S/C30H28ClN5O3/c31-24-8-13-27(32-17-24)39-26-11-6-22(7-12-26)29(38)35-18-23-3-1-14-30(23,20-35)19-33-28(37)21-4-9-25(10-5-21)36-16-2-15-34-36/h2,4-13,15-17,23H,1,3,14,18-20H2,(H,33,37)/t23-,30-/m0/s1. The Morgan fingerprint density at radius 2 is 1.85 bits per heavy atom. The number of amides is 2. The van der Waals surface area contributed by atoms with E-state index in [1.54, 1.807) is 47.3 Å². The van der Waals surface area contributed by atoms with Gasteiger partial charge in [0, 0.05) is 60.8 Å². The maximum atomic E-state index is 13.4. The van der Waals surface area contributed by atoms with Crippen LogP contribution in [-0.4, -0.2) is 51.1 Å². The van der Waals surface area contributed by atoms with Crippen LogP contribution in [-0.2, 0) is 0 Å². The molecule has 3 heterocycles. The number of nitrogens with one attached hydrogen (secondary N) is 1. The molecule has 1 aliphatic heterocycles. The van der Waals surface area contributed by atoms with Crippen LogP contribution in [0, 0.1) is 11.3 Å². The fraction of sp³-hybridized carbons (Fsp3) is 0.267. The van der Waals surface area contributed by atoms with E-state index in [1.807, 2.05) is 41.4 Å². The number of pyridine rings is 1. The van der Waals surface area contributed by atoms with E-state index in [0.717, 1.165) is 24.9 Å². The van der Waals surface area contributed by atoms with Gasteiger partial charge in [0.25, 0.3) is 11.8 Å². The average molecular weight is 542 g/mol. The summed E-state index contributed by atoms with van der Waals surface area (Å²) >= 11 is 5.88. The summed E-state index contributed by atoms with van der Waals surface area (Å²) in [5.74, 6) is 1.31. The van der Waals surface area contributed by atoms with Crippen LogP contribution >= 0.6 is 11.6 Å². The predicted octanol–water partition coefficient (Wildman–Crippen LogP) is 5.39. The Bertz CT molecular complexity index is 1460. The van der Waals surface area contributed by atoms with Gasteiger partial charge < -0.3 is 15.0 Å². The zero-order valence-electron chi connectivity index (χ0n) is 21.3. The van der Waals surface area contributed by atoms with Gasteiger partial charge in [0.15, 0.2) is 0 Å². The van der Waals surface area contributed by atoms with Crippen LogP contribution < -0.4 is 10.1 Å². The van der Waals surface area contributed by atoms with Gasteiger partial charge in [-0.2, -0.15) is 5.10 Å². The average Bonchev–Trinajstić information content (AvgIpc) is 3.70. The van der Waals surface area contributed by atoms with Gasteiger partial charge in [-0.3, -0.25) is 9.59 Å². The zero-order chi connectivity index (χ0) is 26.8. The number of benzene rings is 2. The third-order valence-electron chi connectivity index (χ3n) is 7.85. The molecule has 2 aliphatic rings. The number of ether oxygens (including phenoxy) is 1. The molecule has 6 rings (SSSR count). The third-order valence-corrected chi connectivity index (χ3v) is 8.07. The highest BCUT2D eigenvalue weighted by atomic mass is 35.5. The molecule has 1 N–H and O–H groups in total. The van der Waals surface area contributed by atoms with Crippen molar-refractivity contribution in [2.75, 3.05) is 19.6 Å². The second-order valence-corrected chi connectivity index (χ2v) is 10.7. The first-order chi connectivity index (χ1) is 19.0. The minimum Gasteiger partial charge on any atom is -0.439 e. The van der Waals surface area contributed by atoms with E-state index >= 15 is 0 Å². The molecule has 0 bridgehead atoms. The molecule has 2 atom stereocenters. The molecule has 39 heavy (non-hydrogen) atoms. The van der Waals surface area contributed by atoms with Crippen molar-refractivity contribution >= 4 is 23.4 Å². The Kier molecular flexibility index (Phi) is 6.79. The second-order valence-electron chi connectivity index (χ2n) is 10.3. The van der Waals surface area contributed by atoms with E-state index in [-0.39, 0.29) is 17.2 Å². The van der Waals surface area contributed by atoms with Crippen molar-refractivity contribution in [2.24, 2.45) is 11.3 Å². The molecule has 4 aromatic rings. The monoisotopic (exact) mass is 541 g/mol. The summed E-state index contributed by atoms with van der Waals surface area (Å²) in [5, 5.41) is 7.92. The summed E-state index contributed by atoms with van der Waals surface area (Å²) in [6.07, 6.45) is 8.29. The first-order valence-electron chi connectivity index (χ1n) is 13.1. The molecule has 8 nitrogen and oxygen atoms in total. The van der Waals surface area contributed by atoms with Crippen molar-refractivity contribution < 1.29 is 14.3 Å². The van der Waals surface area contributed by atoms with E-state index in [1.165, 1.54) is 6.20 Å². The summed E-state index contributed by atoms with van der Waals surface area (Å²) in [7, 11) is 0. The molecule has 2 amide bonds. The lowest BCUT2D eigenvalue weighted by atomic mass is 9.80. The van der Waals surface area contributed by atoms with Crippen LogP contribution in [0.3, 0.4) is 0 Å².